The molecule has 0 radical (unpaired) electrons. The second kappa shape index (κ2) is 13.2. The Labute approximate surface area is 198 Å². The number of esters is 1. The molecule has 33 heavy (non-hydrogen) atoms. The molecule has 0 amide bonds. The van der Waals surface area contributed by atoms with E-state index in [2.05, 4.69) is 79.7 Å². The van der Waals surface area contributed by atoms with Gasteiger partial charge in [-0.2, -0.15) is 0 Å². The van der Waals surface area contributed by atoms with Crippen LogP contribution >= 0.6 is 0 Å². The number of carbonyl (C=O) groups is 1. The topological polar surface area (TPSA) is 26.3 Å². The van der Waals surface area contributed by atoms with Crippen molar-refractivity contribution in [3.63, 3.8) is 0 Å². The van der Waals surface area contributed by atoms with Crippen molar-refractivity contribution in [2.45, 2.75) is 45.4 Å². The lowest BCUT2D eigenvalue weighted by Gasteiger charge is -2.24. The smallest absolute Gasteiger partial charge is 0.306 e. The first-order chi connectivity index (χ1) is 16.2. The van der Waals surface area contributed by atoms with Gasteiger partial charge in [-0.15, -0.1) is 0 Å². The van der Waals surface area contributed by atoms with E-state index in [9.17, 15) is 4.79 Å². The number of hydrogen-bond donors (Lipinski definition) is 0. The van der Waals surface area contributed by atoms with Gasteiger partial charge in [-0.3, -0.25) is 4.79 Å². The fraction of sp³-hybridized carbons (Fsp3) is 0.258. The van der Waals surface area contributed by atoms with Crippen LogP contribution in [0.25, 0.3) is 12.2 Å². The molecule has 0 fully saturated rings. The van der Waals surface area contributed by atoms with Gasteiger partial charge in [0.1, 0.15) is 0 Å². The van der Waals surface area contributed by atoms with Crippen LogP contribution in [0.1, 0.15) is 62.1 Å². The van der Waals surface area contributed by atoms with Crippen molar-refractivity contribution >= 4 is 18.1 Å². The summed E-state index contributed by atoms with van der Waals surface area (Å²) in [7, 11) is 0. The summed E-state index contributed by atoms with van der Waals surface area (Å²) >= 11 is 0. The molecule has 0 bridgehead atoms. The molecule has 0 N–H and O–H groups in total. The molecule has 0 aromatic heterocycles. The Hall–Kier alpha value is -3.39. The lowest BCUT2D eigenvalue weighted by Crippen LogP contribution is -2.14. The van der Waals surface area contributed by atoms with Crippen LogP contribution in [-0.2, 0) is 9.53 Å². The summed E-state index contributed by atoms with van der Waals surface area (Å²) in [5.74, 6) is -0.253. The zero-order valence-electron chi connectivity index (χ0n) is 19.7. The number of hydrogen-bond acceptors (Lipinski definition) is 2. The monoisotopic (exact) mass is 438 g/mol. The van der Waals surface area contributed by atoms with E-state index in [1.165, 1.54) is 16.7 Å². The summed E-state index contributed by atoms with van der Waals surface area (Å²) < 4.78 is 5.39. The predicted molar refractivity (Wildman–Crippen MR) is 139 cm³/mol. The van der Waals surface area contributed by atoms with Gasteiger partial charge < -0.3 is 4.74 Å². The first kappa shape index (κ1) is 24.3. The first-order valence-electron chi connectivity index (χ1n) is 11.9. The van der Waals surface area contributed by atoms with Crippen LogP contribution < -0.4 is 0 Å². The van der Waals surface area contributed by atoms with Crippen LogP contribution in [0.15, 0.2) is 102 Å². The first-order valence-corrected chi connectivity index (χ1v) is 11.9. The molecular formula is C31H34O2. The van der Waals surface area contributed by atoms with Crippen LogP contribution in [0.4, 0.5) is 0 Å². The summed E-state index contributed by atoms with van der Waals surface area (Å²) in [5.41, 5.74) is 5.88. The molecule has 2 nitrogen and oxygen atoms in total. The van der Waals surface area contributed by atoms with Crippen molar-refractivity contribution in [3.05, 3.63) is 119 Å². The summed E-state index contributed by atoms with van der Waals surface area (Å²) in [4.78, 5) is 12.7. The molecule has 0 spiro atoms. The van der Waals surface area contributed by atoms with E-state index in [4.69, 9.17) is 4.74 Å². The van der Waals surface area contributed by atoms with Gasteiger partial charge in [0.15, 0.2) is 0 Å². The van der Waals surface area contributed by atoms with E-state index in [1.807, 2.05) is 37.3 Å². The number of unbranched alkanes of at least 4 members (excludes halogenated alkanes) is 1. The normalized spacial score (nSPS) is 12.9. The minimum atomic E-state index is -0.167. The van der Waals surface area contributed by atoms with Crippen molar-refractivity contribution in [1.82, 2.24) is 0 Å². The Balaban J connectivity index is 2.17. The third kappa shape index (κ3) is 7.61. The Morgan fingerprint density at radius 1 is 0.788 bits per heavy atom. The molecule has 170 valence electrons. The third-order valence-corrected chi connectivity index (χ3v) is 5.69. The minimum Gasteiger partial charge on any atom is -0.466 e. The highest BCUT2D eigenvalue weighted by atomic mass is 16.5. The largest absolute Gasteiger partial charge is 0.466 e. The Morgan fingerprint density at radius 2 is 1.33 bits per heavy atom. The summed E-state index contributed by atoms with van der Waals surface area (Å²) in [6, 6.07) is 31.1. The lowest BCUT2D eigenvalue weighted by molar-refractivity contribution is -0.143. The van der Waals surface area contributed by atoms with E-state index in [-0.39, 0.29) is 11.9 Å². The third-order valence-electron chi connectivity index (χ3n) is 5.69. The standard InChI is InChI=1S/C31H34O2/c1-3-5-19-28(22-25-15-9-6-10-16-25)29(23-26-17-11-7-12-18-26)30(24-31(32)33-4-2)27-20-13-8-14-21-27/h6-18,20-23,30H,3-5,19,24H2,1-2H3/b28-22-,29-23-. The molecule has 0 aliphatic heterocycles. The highest BCUT2D eigenvalue weighted by molar-refractivity contribution is 5.75. The number of benzene rings is 3. The van der Waals surface area contributed by atoms with E-state index in [0.29, 0.717) is 13.0 Å². The van der Waals surface area contributed by atoms with E-state index in [1.54, 1.807) is 0 Å². The van der Waals surface area contributed by atoms with Gasteiger partial charge in [-0.05, 0) is 47.6 Å². The zero-order valence-corrected chi connectivity index (χ0v) is 19.7. The van der Waals surface area contributed by atoms with Crippen LogP contribution in [-0.4, -0.2) is 12.6 Å². The van der Waals surface area contributed by atoms with Gasteiger partial charge in [0.2, 0.25) is 0 Å². The second-order valence-corrected chi connectivity index (χ2v) is 8.17. The quantitative estimate of drug-likeness (QED) is 0.223. The van der Waals surface area contributed by atoms with Crippen LogP contribution in [0, 0.1) is 0 Å². The SMILES string of the molecule is CCCCC(=C/c1ccccc1)/C(=C/c1ccccc1)C(CC(=O)OCC)c1ccccc1. The molecule has 0 aliphatic carbocycles. The van der Waals surface area contributed by atoms with Crippen molar-refractivity contribution in [2.75, 3.05) is 6.61 Å². The molecule has 0 saturated carbocycles. The van der Waals surface area contributed by atoms with Gasteiger partial charge in [0.05, 0.1) is 13.0 Å². The molecule has 3 rings (SSSR count). The van der Waals surface area contributed by atoms with Gasteiger partial charge >= 0.3 is 5.97 Å². The molecule has 0 aliphatic rings. The van der Waals surface area contributed by atoms with Crippen molar-refractivity contribution < 1.29 is 9.53 Å². The lowest BCUT2D eigenvalue weighted by atomic mass is 9.81. The fourth-order valence-corrected chi connectivity index (χ4v) is 4.04. The Kier molecular flexibility index (Phi) is 9.72. The number of allylic oxidation sites excluding steroid dienone is 2. The van der Waals surface area contributed by atoms with Gasteiger partial charge in [-0.1, -0.05) is 116 Å². The Bertz CT molecular complexity index is 1030. The summed E-state index contributed by atoms with van der Waals surface area (Å²) in [5, 5.41) is 0. The molecule has 1 unspecified atom stereocenters. The van der Waals surface area contributed by atoms with E-state index < -0.39 is 0 Å². The van der Waals surface area contributed by atoms with Crippen molar-refractivity contribution in [1.29, 1.82) is 0 Å². The fourth-order valence-electron chi connectivity index (χ4n) is 4.04. The van der Waals surface area contributed by atoms with Gasteiger partial charge in [0.25, 0.3) is 0 Å². The highest BCUT2D eigenvalue weighted by Gasteiger charge is 2.24. The molecule has 0 heterocycles. The minimum absolute atomic E-state index is 0.0859. The number of rotatable bonds is 11. The van der Waals surface area contributed by atoms with Gasteiger partial charge in [-0.25, -0.2) is 0 Å². The predicted octanol–water partition coefficient (Wildman–Crippen LogP) is 8.08. The highest BCUT2D eigenvalue weighted by Crippen LogP contribution is 2.37. The van der Waals surface area contributed by atoms with Crippen LogP contribution in [0.3, 0.4) is 0 Å². The van der Waals surface area contributed by atoms with Gasteiger partial charge in [0, 0.05) is 5.92 Å². The molecule has 0 saturated heterocycles. The van der Waals surface area contributed by atoms with Crippen LogP contribution in [0.5, 0.6) is 0 Å². The average molecular weight is 439 g/mol. The maximum absolute atomic E-state index is 12.7. The number of ether oxygens (including phenoxy) is 1. The maximum atomic E-state index is 12.7. The average Bonchev–Trinajstić information content (AvgIpc) is 2.86. The zero-order chi connectivity index (χ0) is 23.3. The van der Waals surface area contributed by atoms with E-state index >= 15 is 0 Å². The van der Waals surface area contributed by atoms with E-state index in [0.717, 1.165) is 30.4 Å². The number of carbonyl (C=O) groups excluding carboxylic acids is 1. The molecule has 1 atom stereocenters. The molecule has 3 aromatic rings. The van der Waals surface area contributed by atoms with Crippen LogP contribution in [0.2, 0.25) is 0 Å². The van der Waals surface area contributed by atoms with Crippen molar-refractivity contribution in [2.24, 2.45) is 0 Å². The molecule has 3 aromatic carbocycles. The Morgan fingerprint density at radius 3 is 1.88 bits per heavy atom. The maximum Gasteiger partial charge on any atom is 0.306 e. The summed E-state index contributed by atoms with van der Waals surface area (Å²) in [6.07, 6.45) is 8.00. The molecule has 2 heteroatoms. The molecular weight excluding hydrogens is 404 g/mol. The summed E-state index contributed by atoms with van der Waals surface area (Å²) in [6.45, 7) is 4.47. The second-order valence-electron chi connectivity index (χ2n) is 8.17. The van der Waals surface area contributed by atoms with Crippen molar-refractivity contribution in [3.8, 4) is 0 Å².